The van der Waals surface area contributed by atoms with E-state index < -0.39 is 36.0 Å². The summed E-state index contributed by atoms with van der Waals surface area (Å²) in [6.07, 6.45) is 2.99. The number of phenolic OH excluding ortho intramolecular Hbond substituents is 1. The summed E-state index contributed by atoms with van der Waals surface area (Å²) in [5, 5.41) is 21.7. The van der Waals surface area contributed by atoms with E-state index in [0.717, 1.165) is 0 Å². The lowest BCUT2D eigenvalue weighted by atomic mass is 10.0. The van der Waals surface area contributed by atoms with E-state index in [1.807, 2.05) is 0 Å². The van der Waals surface area contributed by atoms with Gasteiger partial charge in [0.25, 0.3) is 0 Å². The lowest BCUT2D eigenvalue weighted by Crippen LogP contribution is -2.56. The first-order chi connectivity index (χ1) is 18.1. The van der Waals surface area contributed by atoms with E-state index in [9.17, 15) is 29.4 Å². The molecule has 13 heteroatoms. The molecule has 2 fully saturated rings. The fourth-order valence-electron chi connectivity index (χ4n) is 4.97. The molecule has 0 spiro atoms. The molecular formula is C25H37N7O6. The average molecular weight is 532 g/mol. The first-order valence-electron chi connectivity index (χ1n) is 12.8. The van der Waals surface area contributed by atoms with E-state index in [1.54, 1.807) is 12.1 Å². The number of amides is 3. The van der Waals surface area contributed by atoms with Crippen LogP contribution in [0.25, 0.3) is 0 Å². The summed E-state index contributed by atoms with van der Waals surface area (Å²) < 4.78 is 0. The summed E-state index contributed by atoms with van der Waals surface area (Å²) in [6, 6.07) is 2.51. The minimum absolute atomic E-state index is 0.0218. The molecule has 0 radical (unpaired) electrons. The SMILES string of the molecule is NC(N)=NCCCC(N)C(=O)N1CCCC1C(=O)N1CCCC1C(=O)NC(Cc1ccc(O)cc1)C(=O)O. The molecule has 1 aromatic rings. The maximum absolute atomic E-state index is 13.5. The van der Waals surface area contributed by atoms with Gasteiger partial charge in [-0.15, -0.1) is 0 Å². The largest absolute Gasteiger partial charge is 0.508 e. The number of aliphatic carboxylic acids is 1. The van der Waals surface area contributed by atoms with Crippen molar-refractivity contribution in [3.8, 4) is 5.75 Å². The summed E-state index contributed by atoms with van der Waals surface area (Å²) in [5.41, 5.74) is 17.3. The van der Waals surface area contributed by atoms with E-state index in [1.165, 1.54) is 21.9 Å². The van der Waals surface area contributed by atoms with Crippen LogP contribution >= 0.6 is 0 Å². The highest BCUT2D eigenvalue weighted by Crippen LogP contribution is 2.26. The summed E-state index contributed by atoms with van der Waals surface area (Å²) >= 11 is 0. The number of carbonyl (C=O) groups is 4. The molecule has 208 valence electrons. The second kappa shape index (κ2) is 13.1. The van der Waals surface area contributed by atoms with Crippen LogP contribution in [0.1, 0.15) is 44.1 Å². The van der Waals surface area contributed by atoms with E-state index in [0.29, 0.717) is 63.7 Å². The first-order valence-corrected chi connectivity index (χ1v) is 12.8. The monoisotopic (exact) mass is 531 g/mol. The normalized spacial score (nSPS) is 20.6. The van der Waals surface area contributed by atoms with E-state index >= 15 is 0 Å². The summed E-state index contributed by atoms with van der Waals surface area (Å²) in [6.45, 7) is 1.09. The number of likely N-dealkylation sites (tertiary alicyclic amines) is 2. The Morgan fingerprint density at radius 2 is 1.66 bits per heavy atom. The number of aromatic hydroxyl groups is 1. The van der Waals surface area contributed by atoms with Crippen molar-refractivity contribution in [2.75, 3.05) is 19.6 Å². The highest BCUT2D eigenvalue weighted by Gasteiger charge is 2.43. The molecule has 4 unspecified atom stereocenters. The number of carboxylic acid groups (broad SMARTS) is 1. The number of hydrogen-bond acceptors (Lipinski definition) is 7. The van der Waals surface area contributed by atoms with E-state index in [4.69, 9.17) is 17.2 Å². The fourth-order valence-corrected chi connectivity index (χ4v) is 4.97. The van der Waals surface area contributed by atoms with Gasteiger partial charge in [0.05, 0.1) is 6.04 Å². The summed E-state index contributed by atoms with van der Waals surface area (Å²) in [4.78, 5) is 58.3. The Balaban J connectivity index is 1.62. The molecule has 1 aromatic carbocycles. The topological polar surface area (TPSA) is 218 Å². The maximum atomic E-state index is 13.5. The Labute approximate surface area is 221 Å². The Kier molecular flexibility index (Phi) is 9.88. The summed E-state index contributed by atoms with van der Waals surface area (Å²) in [5.74, 6) is -2.39. The van der Waals surface area contributed by atoms with Crippen LogP contribution in [0.3, 0.4) is 0 Å². The molecule has 3 rings (SSSR count). The van der Waals surface area contributed by atoms with Gasteiger partial charge in [-0.3, -0.25) is 19.4 Å². The van der Waals surface area contributed by atoms with Gasteiger partial charge in [0.2, 0.25) is 17.7 Å². The third-order valence-corrected chi connectivity index (χ3v) is 6.94. The van der Waals surface area contributed by atoms with E-state index in [-0.39, 0.29) is 29.9 Å². The van der Waals surface area contributed by atoms with Crippen molar-refractivity contribution in [1.29, 1.82) is 0 Å². The van der Waals surface area contributed by atoms with Crippen LogP contribution in [0.15, 0.2) is 29.3 Å². The van der Waals surface area contributed by atoms with Crippen LogP contribution in [-0.4, -0.2) is 93.5 Å². The zero-order chi connectivity index (χ0) is 27.8. The van der Waals surface area contributed by atoms with Crippen LogP contribution in [0.4, 0.5) is 0 Å². The molecule has 2 heterocycles. The number of hydrogen-bond donors (Lipinski definition) is 6. The van der Waals surface area contributed by atoms with Crippen molar-refractivity contribution in [3.05, 3.63) is 29.8 Å². The molecule has 2 saturated heterocycles. The minimum atomic E-state index is -1.20. The molecule has 0 aromatic heterocycles. The zero-order valence-electron chi connectivity index (χ0n) is 21.3. The third-order valence-electron chi connectivity index (χ3n) is 6.94. The van der Waals surface area contributed by atoms with Crippen molar-refractivity contribution in [2.24, 2.45) is 22.2 Å². The van der Waals surface area contributed by atoms with Gasteiger partial charge in [0, 0.05) is 26.1 Å². The molecule has 9 N–H and O–H groups in total. The molecule has 38 heavy (non-hydrogen) atoms. The van der Waals surface area contributed by atoms with Gasteiger partial charge in [0.1, 0.15) is 23.9 Å². The molecule has 0 aliphatic carbocycles. The van der Waals surface area contributed by atoms with Crippen molar-refractivity contribution < 1.29 is 29.4 Å². The average Bonchev–Trinajstić information content (AvgIpc) is 3.56. The minimum Gasteiger partial charge on any atom is -0.508 e. The molecule has 13 nitrogen and oxygen atoms in total. The predicted octanol–water partition coefficient (Wildman–Crippen LogP) is -1.13. The van der Waals surface area contributed by atoms with Gasteiger partial charge in [-0.05, 0) is 56.2 Å². The Hall–Kier alpha value is -3.87. The second-order valence-corrected chi connectivity index (χ2v) is 9.70. The molecule has 0 saturated carbocycles. The number of aliphatic imine (C=N–C) groups is 1. The number of carbonyl (C=O) groups excluding carboxylic acids is 3. The number of rotatable bonds is 11. The lowest BCUT2D eigenvalue weighted by molar-refractivity contribution is -0.148. The van der Waals surface area contributed by atoms with Crippen LogP contribution < -0.4 is 22.5 Å². The number of guanidine groups is 1. The Morgan fingerprint density at radius 3 is 2.29 bits per heavy atom. The van der Waals surface area contributed by atoms with Gasteiger partial charge < -0.3 is 42.5 Å². The molecular weight excluding hydrogens is 494 g/mol. The van der Waals surface area contributed by atoms with E-state index in [2.05, 4.69) is 10.3 Å². The fraction of sp³-hybridized carbons (Fsp3) is 0.560. The molecule has 0 bridgehead atoms. The molecule has 3 amide bonds. The van der Waals surface area contributed by atoms with Crippen LogP contribution in [0.2, 0.25) is 0 Å². The van der Waals surface area contributed by atoms with Crippen molar-refractivity contribution in [1.82, 2.24) is 15.1 Å². The van der Waals surface area contributed by atoms with Crippen molar-refractivity contribution >= 4 is 29.7 Å². The third kappa shape index (κ3) is 7.34. The van der Waals surface area contributed by atoms with Crippen LogP contribution in [-0.2, 0) is 25.6 Å². The number of carboxylic acids is 1. The van der Waals surface area contributed by atoms with Gasteiger partial charge in [-0.1, -0.05) is 12.1 Å². The number of phenols is 1. The molecule has 2 aliphatic heterocycles. The zero-order valence-corrected chi connectivity index (χ0v) is 21.3. The number of nitrogens with one attached hydrogen (secondary N) is 1. The van der Waals surface area contributed by atoms with Crippen molar-refractivity contribution in [2.45, 2.75) is 69.1 Å². The molecule has 4 atom stereocenters. The number of nitrogens with two attached hydrogens (primary N) is 3. The number of benzene rings is 1. The van der Waals surface area contributed by atoms with Gasteiger partial charge >= 0.3 is 5.97 Å². The van der Waals surface area contributed by atoms with Gasteiger partial charge in [0.15, 0.2) is 5.96 Å². The second-order valence-electron chi connectivity index (χ2n) is 9.70. The first kappa shape index (κ1) is 28.7. The predicted molar refractivity (Wildman–Crippen MR) is 139 cm³/mol. The quantitative estimate of drug-likeness (QED) is 0.115. The summed E-state index contributed by atoms with van der Waals surface area (Å²) in [7, 11) is 0. The Bertz CT molecular complexity index is 1040. The van der Waals surface area contributed by atoms with Crippen molar-refractivity contribution in [3.63, 3.8) is 0 Å². The Morgan fingerprint density at radius 1 is 1.03 bits per heavy atom. The highest BCUT2D eigenvalue weighted by atomic mass is 16.4. The smallest absolute Gasteiger partial charge is 0.326 e. The van der Waals surface area contributed by atoms with Gasteiger partial charge in [-0.2, -0.15) is 0 Å². The number of nitrogens with zero attached hydrogens (tertiary/aromatic N) is 3. The van der Waals surface area contributed by atoms with Crippen LogP contribution in [0.5, 0.6) is 5.75 Å². The lowest BCUT2D eigenvalue weighted by Gasteiger charge is -2.32. The molecule has 2 aliphatic rings. The van der Waals surface area contributed by atoms with Crippen LogP contribution in [0, 0.1) is 0 Å². The standard InChI is InChI=1S/C25H37N7O6/c26-17(4-1-11-29-25(27)28)22(35)32-13-3-6-20(32)23(36)31-12-2-5-19(31)21(34)30-18(24(37)38)14-15-7-9-16(33)10-8-15/h7-10,17-20,33H,1-6,11-14,26H2,(H,30,34)(H,37,38)(H4,27,28,29). The maximum Gasteiger partial charge on any atom is 0.326 e. The highest BCUT2D eigenvalue weighted by molar-refractivity contribution is 5.94. The van der Waals surface area contributed by atoms with Gasteiger partial charge in [-0.25, -0.2) is 4.79 Å².